The van der Waals surface area contributed by atoms with E-state index in [0.29, 0.717) is 25.4 Å². The van der Waals surface area contributed by atoms with Crippen molar-refractivity contribution in [2.45, 2.75) is 39.5 Å². The van der Waals surface area contributed by atoms with E-state index in [-0.39, 0.29) is 5.91 Å². The van der Waals surface area contributed by atoms with Crippen molar-refractivity contribution in [3.05, 3.63) is 0 Å². The molecule has 7 nitrogen and oxygen atoms in total. The first-order chi connectivity index (χ1) is 11.8. The predicted octanol–water partition coefficient (Wildman–Crippen LogP) is 0.901. The Balaban J connectivity index is 2.08. The maximum absolute atomic E-state index is 11.5. The van der Waals surface area contributed by atoms with E-state index in [9.17, 15) is 4.79 Å². The molecule has 0 aromatic carbocycles. The predicted molar refractivity (Wildman–Crippen MR) is 96.3 cm³/mol. The first-order valence-electron chi connectivity index (χ1n) is 9.20. The zero-order valence-corrected chi connectivity index (χ0v) is 15.2. The van der Waals surface area contributed by atoms with Crippen LogP contribution in [0.4, 0.5) is 0 Å². The topological polar surface area (TPSA) is 84.0 Å². The third kappa shape index (κ3) is 10.4. The van der Waals surface area contributed by atoms with Crippen LogP contribution in [0.1, 0.15) is 39.5 Å². The fraction of sp³-hybridized carbons (Fsp3) is 0.882. The monoisotopic (exact) mass is 342 g/mol. The molecule has 3 N–H and O–H groups in total. The van der Waals surface area contributed by atoms with Gasteiger partial charge in [0, 0.05) is 51.7 Å². The molecule has 7 heteroatoms. The van der Waals surface area contributed by atoms with Gasteiger partial charge in [0.15, 0.2) is 5.96 Å². The molecule has 0 aliphatic carbocycles. The van der Waals surface area contributed by atoms with Crippen LogP contribution < -0.4 is 16.0 Å². The zero-order chi connectivity index (χ0) is 17.5. The average Bonchev–Trinajstić information content (AvgIpc) is 3.09. The van der Waals surface area contributed by atoms with Crippen molar-refractivity contribution in [1.82, 2.24) is 16.0 Å². The molecule has 1 aliphatic heterocycles. The first-order valence-corrected chi connectivity index (χ1v) is 9.20. The second-order valence-corrected chi connectivity index (χ2v) is 5.95. The minimum absolute atomic E-state index is 0.0736. The van der Waals surface area contributed by atoms with Gasteiger partial charge in [-0.3, -0.25) is 9.79 Å². The van der Waals surface area contributed by atoms with Gasteiger partial charge in [0.05, 0.1) is 13.2 Å². The molecule has 1 unspecified atom stereocenters. The van der Waals surface area contributed by atoms with Crippen LogP contribution in [0.15, 0.2) is 4.99 Å². The molecule has 1 fully saturated rings. The Morgan fingerprint density at radius 1 is 1.25 bits per heavy atom. The number of aliphatic imine (C=N–C) groups is 1. The van der Waals surface area contributed by atoms with Crippen molar-refractivity contribution in [3.8, 4) is 0 Å². The molecule has 0 bridgehead atoms. The Morgan fingerprint density at radius 3 is 2.83 bits per heavy atom. The highest BCUT2D eigenvalue weighted by Crippen LogP contribution is 2.12. The molecule has 0 aromatic heterocycles. The molecule has 1 rings (SSSR count). The Labute approximate surface area is 146 Å². The standard InChI is InChI=1S/C17H34N4O3/c1-3-8-19-16(22)6-10-21-17(18-4-2)20-9-5-11-23-13-15-7-12-24-14-15/h15H,3-14H2,1-2H3,(H,19,22)(H2,18,20,21). The fourth-order valence-corrected chi connectivity index (χ4v) is 2.31. The minimum Gasteiger partial charge on any atom is -0.381 e. The third-order valence-corrected chi connectivity index (χ3v) is 3.66. The Hall–Kier alpha value is -1.34. The lowest BCUT2D eigenvalue weighted by Crippen LogP contribution is -2.39. The summed E-state index contributed by atoms with van der Waals surface area (Å²) < 4.78 is 11.0. The molecule has 0 saturated carbocycles. The molecule has 1 heterocycles. The van der Waals surface area contributed by atoms with Crippen LogP contribution in [0, 0.1) is 5.92 Å². The van der Waals surface area contributed by atoms with Gasteiger partial charge in [-0.25, -0.2) is 0 Å². The van der Waals surface area contributed by atoms with Gasteiger partial charge in [-0.15, -0.1) is 0 Å². The largest absolute Gasteiger partial charge is 0.381 e. The Morgan fingerprint density at radius 2 is 2.12 bits per heavy atom. The molecular formula is C17H34N4O3. The molecule has 0 aromatic rings. The molecule has 0 spiro atoms. The van der Waals surface area contributed by atoms with E-state index in [1.807, 2.05) is 13.8 Å². The molecule has 0 radical (unpaired) electrons. The van der Waals surface area contributed by atoms with Crippen LogP contribution >= 0.6 is 0 Å². The van der Waals surface area contributed by atoms with Gasteiger partial charge < -0.3 is 25.4 Å². The van der Waals surface area contributed by atoms with Crippen molar-refractivity contribution >= 4 is 11.9 Å². The number of guanidine groups is 1. The molecule has 140 valence electrons. The highest BCUT2D eigenvalue weighted by atomic mass is 16.5. The SMILES string of the molecule is CCCNC(=O)CCNC(=NCCCOCC1CCOC1)NCC. The summed E-state index contributed by atoms with van der Waals surface area (Å²) in [6.45, 7) is 10.1. The van der Waals surface area contributed by atoms with E-state index in [1.54, 1.807) is 0 Å². The number of carbonyl (C=O) groups excluding carboxylic acids is 1. The summed E-state index contributed by atoms with van der Waals surface area (Å²) in [7, 11) is 0. The summed E-state index contributed by atoms with van der Waals surface area (Å²) in [6.07, 6.45) is 3.41. The van der Waals surface area contributed by atoms with Gasteiger partial charge in [-0.1, -0.05) is 6.92 Å². The van der Waals surface area contributed by atoms with Crippen LogP contribution in [0.5, 0.6) is 0 Å². The Kier molecular flexibility index (Phi) is 12.1. The second kappa shape index (κ2) is 14.0. The number of hydrogen-bond donors (Lipinski definition) is 3. The van der Waals surface area contributed by atoms with Crippen LogP contribution in [0.3, 0.4) is 0 Å². The van der Waals surface area contributed by atoms with Crippen molar-refractivity contribution < 1.29 is 14.3 Å². The lowest BCUT2D eigenvalue weighted by molar-refractivity contribution is -0.120. The van der Waals surface area contributed by atoms with E-state index in [0.717, 1.165) is 64.7 Å². The van der Waals surface area contributed by atoms with Crippen LogP contribution in [-0.2, 0) is 14.3 Å². The molecule has 1 amide bonds. The van der Waals surface area contributed by atoms with Gasteiger partial charge in [-0.2, -0.15) is 0 Å². The summed E-state index contributed by atoms with van der Waals surface area (Å²) in [5.41, 5.74) is 0. The second-order valence-electron chi connectivity index (χ2n) is 5.95. The first kappa shape index (κ1) is 20.7. The molecule has 1 saturated heterocycles. The number of amides is 1. The highest BCUT2D eigenvalue weighted by molar-refractivity contribution is 5.81. The van der Waals surface area contributed by atoms with E-state index >= 15 is 0 Å². The number of rotatable bonds is 12. The lowest BCUT2D eigenvalue weighted by atomic mass is 10.1. The average molecular weight is 342 g/mol. The molecule has 1 aliphatic rings. The van der Waals surface area contributed by atoms with E-state index in [1.165, 1.54) is 0 Å². The van der Waals surface area contributed by atoms with Crippen molar-refractivity contribution in [3.63, 3.8) is 0 Å². The van der Waals surface area contributed by atoms with Gasteiger partial charge in [0.25, 0.3) is 0 Å². The number of carbonyl (C=O) groups is 1. The van der Waals surface area contributed by atoms with Crippen molar-refractivity contribution in [1.29, 1.82) is 0 Å². The minimum atomic E-state index is 0.0736. The number of nitrogens with zero attached hydrogens (tertiary/aromatic N) is 1. The van der Waals surface area contributed by atoms with Gasteiger partial charge in [-0.05, 0) is 26.2 Å². The number of hydrogen-bond acceptors (Lipinski definition) is 4. The zero-order valence-electron chi connectivity index (χ0n) is 15.2. The van der Waals surface area contributed by atoms with Gasteiger partial charge >= 0.3 is 0 Å². The van der Waals surface area contributed by atoms with E-state index in [2.05, 4.69) is 20.9 Å². The molecule has 24 heavy (non-hydrogen) atoms. The summed E-state index contributed by atoms with van der Waals surface area (Å²) in [6, 6.07) is 0. The summed E-state index contributed by atoms with van der Waals surface area (Å²) in [5.74, 6) is 1.39. The lowest BCUT2D eigenvalue weighted by Gasteiger charge is -2.11. The smallest absolute Gasteiger partial charge is 0.221 e. The fourth-order valence-electron chi connectivity index (χ4n) is 2.31. The maximum atomic E-state index is 11.5. The van der Waals surface area contributed by atoms with Crippen molar-refractivity contribution in [2.75, 3.05) is 52.6 Å². The molecule has 1 atom stereocenters. The summed E-state index contributed by atoms with van der Waals surface area (Å²) in [5, 5.41) is 9.23. The Bertz CT molecular complexity index is 358. The summed E-state index contributed by atoms with van der Waals surface area (Å²) >= 11 is 0. The summed E-state index contributed by atoms with van der Waals surface area (Å²) in [4.78, 5) is 16.0. The van der Waals surface area contributed by atoms with Gasteiger partial charge in [0.2, 0.25) is 5.91 Å². The van der Waals surface area contributed by atoms with Crippen molar-refractivity contribution in [2.24, 2.45) is 10.9 Å². The highest BCUT2D eigenvalue weighted by Gasteiger charge is 2.15. The third-order valence-electron chi connectivity index (χ3n) is 3.66. The van der Waals surface area contributed by atoms with E-state index in [4.69, 9.17) is 9.47 Å². The van der Waals surface area contributed by atoms with Crippen LogP contribution in [0.25, 0.3) is 0 Å². The van der Waals surface area contributed by atoms with Gasteiger partial charge in [0.1, 0.15) is 0 Å². The van der Waals surface area contributed by atoms with E-state index < -0.39 is 0 Å². The number of ether oxygens (including phenoxy) is 2. The maximum Gasteiger partial charge on any atom is 0.221 e. The quantitative estimate of drug-likeness (QED) is 0.279. The molecular weight excluding hydrogens is 308 g/mol. The van der Waals surface area contributed by atoms with Crippen LogP contribution in [-0.4, -0.2) is 64.5 Å². The number of nitrogens with one attached hydrogen (secondary N) is 3. The normalized spacial score (nSPS) is 17.8. The van der Waals surface area contributed by atoms with Crippen LogP contribution in [0.2, 0.25) is 0 Å².